The molecule has 21 heavy (non-hydrogen) atoms. The largest absolute Gasteiger partial charge is 0.370 e. The van der Waals surface area contributed by atoms with Crippen molar-refractivity contribution in [3.05, 3.63) is 11.1 Å². The highest BCUT2D eigenvalue weighted by Crippen LogP contribution is 2.22. The highest BCUT2D eigenvalue weighted by Gasteiger charge is 2.12. The molecule has 0 aliphatic heterocycles. The lowest BCUT2D eigenvalue weighted by Gasteiger charge is -2.24. The van der Waals surface area contributed by atoms with E-state index in [1.807, 2.05) is 12.3 Å². The van der Waals surface area contributed by atoms with Crippen LogP contribution in [0.15, 0.2) is 15.4 Å². The number of hydrogen-bond donors (Lipinski definition) is 3. The molecule has 8 nitrogen and oxygen atoms in total. The molecule has 6 N–H and O–H groups in total. The highest BCUT2D eigenvalue weighted by atomic mass is 32.2. The molecular formula is C11H18N8S2. The number of aromatic nitrogens is 1. The smallest absolute Gasteiger partial charge is 0.212 e. The molecule has 0 saturated heterocycles. The van der Waals surface area contributed by atoms with Gasteiger partial charge in [0.15, 0.2) is 5.96 Å². The van der Waals surface area contributed by atoms with Gasteiger partial charge in [-0.05, 0) is 6.92 Å². The SMILES string of the molecule is CC(CSCc1csc(N=C(N)N)n1)N(C)C(N)=NC#N. The van der Waals surface area contributed by atoms with Crippen LogP contribution >= 0.6 is 23.1 Å². The average Bonchev–Trinajstić information content (AvgIpc) is 2.84. The molecule has 0 saturated carbocycles. The molecule has 1 atom stereocenters. The van der Waals surface area contributed by atoms with E-state index in [4.69, 9.17) is 22.5 Å². The molecule has 1 aromatic rings. The third kappa shape index (κ3) is 5.88. The minimum atomic E-state index is 0.00561. The van der Waals surface area contributed by atoms with Gasteiger partial charge < -0.3 is 22.1 Å². The topological polar surface area (TPSA) is 143 Å². The summed E-state index contributed by atoms with van der Waals surface area (Å²) in [7, 11) is 1.81. The second-order valence-electron chi connectivity index (χ2n) is 4.20. The monoisotopic (exact) mass is 326 g/mol. The first-order valence-corrected chi connectivity index (χ1v) is 8.04. The van der Waals surface area contributed by atoms with Crippen LogP contribution in [0.5, 0.6) is 0 Å². The molecule has 0 spiro atoms. The van der Waals surface area contributed by atoms with E-state index in [0.717, 1.165) is 17.2 Å². The summed E-state index contributed by atoms with van der Waals surface area (Å²) in [4.78, 5) is 13.5. The zero-order chi connectivity index (χ0) is 15.8. The summed E-state index contributed by atoms with van der Waals surface area (Å²) in [6, 6.07) is 0.155. The number of nitrogens with two attached hydrogens (primary N) is 3. The second-order valence-corrected chi connectivity index (χ2v) is 6.07. The molecule has 0 amide bonds. The summed E-state index contributed by atoms with van der Waals surface area (Å²) >= 11 is 3.11. The number of hydrogen-bond acceptors (Lipinski definition) is 6. The maximum atomic E-state index is 8.47. The number of aliphatic imine (C=N–C) groups is 2. The van der Waals surface area contributed by atoms with E-state index in [2.05, 4.69) is 15.0 Å². The lowest BCUT2D eigenvalue weighted by Crippen LogP contribution is -2.41. The van der Waals surface area contributed by atoms with Gasteiger partial charge in [0.25, 0.3) is 0 Å². The van der Waals surface area contributed by atoms with Gasteiger partial charge in [0, 0.05) is 30.0 Å². The lowest BCUT2D eigenvalue weighted by molar-refractivity contribution is 0.419. The van der Waals surface area contributed by atoms with Crippen molar-refractivity contribution >= 4 is 40.1 Å². The first kappa shape index (κ1) is 17.1. The molecule has 1 rings (SSSR count). The van der Waals surface area contributed by atoms with Gasteiger partial charge in [0.2, 0.25) is 17.3 Å². The Morgan fingerprint density at radius 1 is 1.57 bits per heavy atom. The first-order valence-electron chi connectivity index (χ1n) is 6.01. The van der Waals surface area contributed by atoms with Gasteiger partial charge in [-0.3, -0.25) is 0 Å². The summed E-state index contributed by atoms with van der Waals surface area (Å²) in [6.07, 6.45) is 1.68. The zero-order valence-corrected chi connectivity index (χ0v) is 13.5. The Labute approximate surface area is 131 Å². The minimum absolute atomic E-state index is 0.00561. The van der Waals surface area contributed by atoms with Gasteiger partial charge in [0.1, 0.15) is 0 Å². The quantitative estimate of drug-likeness (QED) is 0.390. The summed E-state index contributed by atoms with van der Waals surface area (Å²) in [5.74, 6) is 1.80. The first-order chi connectivity index (χ1) is 9.93. The van der Waals surface area contributed by atoms with E-state index in [1.165, 1.54) is 11.3 Å². The van der Waals surface area contributed by atoms with Crippen LogP contribution in [0.2, 0.25) is 0 Å². The van der Waals surface area contributed by atoms with Gasteiger partial charge in [-0.1, -0.05) is 0 Å². The summed E-state index contributed by atoms with van der Waals surface area (Å²) < 4.78 is 0. The Balaban J connectivity index is 2.43. The standard InChI is InChI=1S/C11H18N8S2/c1-7(19(2)10(15)16-6-12)3-20-4-8-5-21-11(17-8)18-9(13)14/h5,7H,3-4H2,1-2H3,(H2,15,16)(H4,13,14,17,18). The number of thiazole rings is 1. The molecule has 1 aromatic heterocycles. The van der Waals surface area contributed by atoms with Crippen LogP contribution in [-0.4, -0.2) is 40.6 Å². The molecule has 0 aliphatic rings. The van der Waals surface area contributed by atoms with Gasteiger partial charge in [0.05, 0.1) is 5.69 Å². The number of thioether (sulfide) groups is 1. The molecule has 0 fully saturated rings. The van der Waals surface area contributed by atoms with Crippen molar-refractivity contribution in [2.24, 2.45) is 27.2 Å². The van der Waals surface area contributed by atoms with Crippen LogP contribution in [0.25, 0.3) is 0 Å². The zero-order valence-electron chi connectivity index (χ0n) is 11.9. The van der Waals surface area contributed by atoms with E-state index in [0.29, 0.717) is 5.13 Å². The Kier molecular flexibility index (Phi) is 6.77. The van der Waals surface area contributed by atoms with Crippen LogP contribution in [0.3, 0.4) is 0 Å². The molecule has 114 valence electrons. The van der Waals surface area contributed by atoms with Gasteiger partial charge in [-0.15, -0.1) is 16.3 Å². The highest BCUT2D eigenvalue weighted by molar-refractivity contribution is 7.98. The Hall–Kier alpha value is -1.99. The predicted molar refractivity (Wildman–Crippen MR) is 88.2 cm³/mol. The van der Waals surface area contributed by atoms with Crippen LogP contribution in [0.4, 0.5) is 5.13 Å². The fraction of sp³-hybridized carbons (Fsp3) is 0.455. The van der Waals surface area contributed by atoms with Gasteiger partial charge >= 0.3 is 0 Å². The average molecular weight is 326 g/mol. The molecular weight excluding hydrogens is 308 g/mol. The van der Waals surface area contributed by atoms with Crippen molar-refractivity contribution in [2.45, 2.75) is 18.7 Å². The summed E-state index contributed by atoms with van der Waals surface area (Å²) in [5.41, 5.74) is 17.2. The maximum absolute atomic E-state index is 8.47. The Morgan fingerprint density at radius 3 is 2.90 bits per heavy atom. The number of nitriles is 1. The number of rotatable bonds is 6. The van der Waals surface area contributed by atoms with Crippen molar-refractivity contribution in [1.29, 1.82) is 5.26 Å². The van der Waals surface area contributed by atoms with Crippen molar-refractivity contribution < 1.29 is 0 Å². The maximum Gasteiger partial charge on any atom is 0.212 e. The number of nitrogens with zero attached hydrogens (tertiary/aromatic N) is 5. The van der Waals surface area contributed by atoms with Crippen molar-refractivity contribution in [3.63, 3.8) is 0 Å². The Bertz CT molecular complexity index is 555. The van der Waals surface area contributed by atoms with Crippen LogP contribution in [-0.2, 0) is 5.75 Å². The fourth-order valence-electron chi connectivity index (χ4n) is 1.33. The summed E-state index contributed by atoms with van der Waals surface area (Å²) in [6.45, 7) is 2.01. The molecule has 1 unspecified atom stereocenters. The second kappa shape index (κ2) is 8.33. The van der Waals surface area contributed by atoms with Crippen LogP contribution in [0.1, 0.15) is 12.6 Å². The van der Waals surface area contributed by atoms with E-state index in [-0.39, 0.29) is 18.0 Å². The molecule has 0 aliphatic carbocycles. The third-order valence-electron chi connectivity index (χ3n) is 2.56. The Morgan fingerprint density at radius 2 is 2.29 bits per heavy atom. The van der Waals surface area contributed by atoms with Crippen molar-refractivity contribution in [1.82, 2.24) is 9.88 Å². The van der Waals surface area contributed by atoms with E-state index < -0.39 is 0 Å². The molecule has 1 heterocycles. The summed E-state index contributed by atoms with van der Waals surface area (Å²) in [5, 5.41) is 11.0. The molecule has 10 heteroatoms. The third-order valence-corrected chi connectivity index (χ3v) is 4.56. The van der Waals surface area contributed by atoms with Crippen molar-refractivity contribution in [3.8, 4) is 6.19 Å². The molecule has 0 radical (unpaired) electrons. The van der Waals surface area contributed by atoms with Gasteiger partial charge in [-0.25, -0.2) is 4.98 Å². The normalized spacial score (nSPS) is 12.5. The molecule has 0 bridgehead atoms. The van der Waals surface area contributed by atoms with E-state index >= 15 is 0 Å². The van der Waals surface area contributed by atoms with Crippen molar-refractivity contribution in [2.75, 3.05) is 12.8 Å². The fourth-order valence-corrected chi connectivity index (χ4v) is 3.18. The molecule has 0 aromatic carbocycles. The predicted octanol–water partition coefficient (Wildman–Crippen LogP) is 0.397. The minimum Gasteiger partial charge on any atom is -0.370 e. The van der Waals surface area contributed by atoms with Crippen LogP contribution in [0, 0.1) is 11.5 Å². The van der Waals surface area contributed by atoms with Gasteiger partial charge in [-0.2, -0.15) is 22.0 Å². The number of guanidine groups is 2. The van der Waals surface area contributed by atoms with E-state index in [1.54, 1.807) is 29.9 Å². The lowest BCUT2D eigenvalue weighted by atomic mass is 10.3. The van der Waals surface area contributed by atoms with E-state index in [9.17, 15) is 0 Å². The van der Waals surface area contributed by atoms with Crippen LogP contribution < -0.4 is 17.2 Å².